The maximum Gasteiger partial charge on any atom is 0.411 e. The van der Waals surface area contributed by atoms with Gasteiger partial charge in [-0.1, -0.05) is 97.4 Å². The molecule has 1 unspecified atom stereocenters. The number of ether oxygens (including phenoxy) is 3. The maximum atomic E-state index is 14.9. The molecule has 7 amide bonds. The summed E-state index contributed by atoms with van der Waals surface area (Å²) in [5.41, 5.74) is 1.96. The normalized spacial score (nSPS) is 18.5. The molecule has 0 bridgehead atoms. The standard InChI is InChI=1S/C57H85N9O10S/c1-14-37(6)49(45(74-12)34-46(68)66-27-18-21-44(66)50(75-13)38(7)52(69)60-43(54-58-26-32-77-54)33-40-19-16-15-17-20-40)63(10)55(71)47(35(2)3)61-53(70)48(36(4)5)64(11)57(73)76-51(56(72)65-30-28-62(9)29-31-65)41-22-24-42(25-23-41)59-39(8)67/h15-17,19-20,22-26,32,35-38,43-45,47-51H,14,18,21,27-31,33-34H2,1-13H3,(H,59,67)(H,60,69)(H,61,70)/t37-,38+,43-,44-,45+,47-,48-,49-,50+,51?/m0/s1. The molecule has 0 saturated carbocycles. The highest BCUT2D eigenvalue weighted by Crippen LogP contribution is 2.31. The van der Waals surface area contributed by atoms with Gasteiger partial charge in [0.15, 0.2) is 0 Å². The second-order valence-electron chi connectivity index (χ2n) is 21.4. The van der Waals surface area contributed by atoms with Crippen molar-refractivity contribution in [2.24, 2.45) is 23.7 Å². The average Bonchev–Trinajstić information content (AvgIpc) is 4.13. The van der Waals surface area contributed by atoms with Crippen molar-refractivity contribution in [1.29, 1.82) is 0 Å². The van der Waals surface area contributed by atoms with E-state index in [-0.39, 0.29) is 36.1 Å². The zero-order chi connectivity index (χ0) is 56.7. The van der Waals surface area contributed by atoms with Crippen LogP contribution in [0.3, 0.4) is 0 Å². The van der Waals surface area contributed by atoms with Gasteiger partial charge in [0.1, 0.15) is 17.1 Å². The number of rotatable bonds is 25. The first-order valence-corrected chi connectivity index (χ1v) is 27.9. The van der Waals surface area contributed by atoms with E-state index in [0.717, 1.165) is 21.9 Å². The Morgan fingerprint density at radius 2 is 1.48 bits per heavy atom. The third kappa shape index (κ3) is 16.3. The predicted octanol–water partition coefficient (Wildman–Crippen LogP) is 6.17. The number of aromatic nitrogens is 1. The maximum absolute atomic E-state index is 14.9. The molecule has 2 aliphatic heterocycles. The fraction of sp³-hybridized carbons (Fsp3) is 0.614. The van der Waals surface area contributed by atoms with E-state index in [2.05, 4.69) is 25.8 Å². The van der Waals surface area contributed by atoms with Gasteiger partial charge in [-0.15, -0.1) is 11.3 Å². The summed E-state index contributed by atoms with van der Waals surface area (Å²) < 4.78 is 18.2. The molecule has 3 aromatic rings. The molecular formula is C57H85N9O10S. The van der Waals surface area contributed by atoms with Gasteiger partial charge in [0.05, 0.1) is 42.7 Å². The molecule has 424 valence electrons. The number of piperazine rings is 1. The Morgan fingerprint density at radius 1 is 0.818 bits per heavy atom. The Bertz CT molecular complexity index is 2400. The number of nitrogens with one attached hydrogen (secondary N) is 3. The van der Waals surface area contributed by atoms with Crippen molar-refractivity contribution in [1.82, 2.24) is 40.1 Å². The van der Waals surface area contributed by atoms with Gasteiger partial charge in [-0.3, -0.25) is 33.7 Å². The fourth-order valence-electron chi connectivity index (χ4n) is 10.7. The zero-order valence-electron chi connectivity index (χ0n) is 47.5. The van der Waals surface area contributed by atoms with Crippen molar-refractivity contribution in [2.45, 2.75) is 136 Å². The third-order valence-corrected chi connectivity index (χ3v) is 16.1. The van der Waals surface area contributed by atoms with E-state index >= 15 is 0 Å². The number of carbonyl (C=O) groups is 7. The van der Waals surface area contributed by atoms with Crippen LogP contribution in [0.15, 0.2) is 66.2 Å². The second kappa shape index (κ2) is 29.1. The molecule has 3 N–H and O–H groups in total. The van der Waals surface area contributed by atoms with Gasteiger partial charge < -0.3 is 49.8 Å². The van der Waals surface area contributed by atoms with Gasteiger partial charge >= 0.3 is 6.09 Å². The highest BCUT2D eigenvalue weighted by Gasteiger charge is 2.44. The summed E-state index contributed by atoms with van der Waals surface area (Å²) in [5, 5.41) is 11.6. The molecule has 20 heteroatoms. The number of carbonyl (C=O) groups excluding carboxylic acids is 7. The second-order valence-corrected chi connectivity index (χ2v) is 22.4. The summed E-state index contributed by atoms with van der Waals surface area (Å²) in [7, 11) is 8.16. The minimum atomic E-state index is -1.35. The summed E-state index contributed by atoms with van der Waals surface area (Å²) >= 11 is 1.48. The molecule has 77 heavy (non-hydrogen) atoms. The summed E-state index contributed by atoms with van der Waals surface area (Å²) in [5.74, 6) is -3.70. The molecule has 19 nitrogen and oxygen atoms in total. The molecule has 2 aliphatic rings. The summed E-state index contributed by atoms with van der Waals surface area (Å²) in [4.78, 5) is 111. The number of methoxy groups -OCH3 is 2. The highest BCUT2D eigenvalue weighted by atomic mass is 32.1. The minimum Gasteiger partial charge on any atom is -0.431 e. The fourth-order valence-corrected chi connectivity index (χ4v) is 11.3. The summed E-state index contributed by atoms with van der Waals surface area (Å²) in [6, 6.07) is 12.9. The number of likely N-dealkylation sites (tertiary alicyclic amines) is 1. The monoisotopic (exact) mass is 1090 g/mol. The molecule has 2 saturated heterocycles. The molecule has 2 aromatic carbocycles. The number of nitrogens with zero attached hydrogens (tertiary/aromatic N) is 6. The lowest BCUT2D eigenvalue weighted by molar-refractivity contribution is -0.148. The van der Waals surface area contributed by atoms with Crippen molar-refractivity contribution < 1.29 is 47.8 Å². The molecule has 0 aliphatic carbocycles. The summed E-state index contributed by atoms with van der Waals surface area (Å²) in [6.45, 7) is 17.0. The Labute approximate surface area is 460 Å². The number of hydrogen-bond donors (Lipinski definition) is 3. The third-order valence-electron chi connectivity index (χ3n) is 15.2. The Kier molecular flexibility index (Phi) is 23.4. The van der Waals surface area contributed by atoms with Crippen molar-refractivity contribution in [3.8, 4) is 0 Å². The van der Waals surface area contributed by atoms with Crippen LogP contribution in [-0.2, 0) is 49.4 Å². The lowest BCUT2D eigenvalue weighted by Crippen LogP contribution is -2.60. The number of benzene rings is 2. The molecule has 2 fully saturated rings. The zero-order valence-corrected chi connectivity index (χ0v) is 48.3. The van der Waals surface area contributed by atoms with Gasteiger partial charge in [0, 0.05) is 90.8 Å². The molecule has 10 atom stereocenters. The molecule has 0 spiro atoms. The van der Waals surface area contributed by atoms with Gasteiger partial charge in [-0.2, -0.15) is 0 Å². The number of amides is 7. The van der Waals surface area contributed by atoms with E-state index in [0.29, 0.717) is 63.2 Å². The van der Waals surface area contributed by atoms with Crippen molar-refractivity contribution in [3.05, 3.63) is 82.3 Å². The van der Waals surface area contributed by atoms with Gasteiger partial charge in [0.25, 0.3) is 5.91 Å². The van der Waals surface area contributed by atoms with E-state index in [1.165, 1.54) is 32.4 Å². The van der Waals surface area contributed by atoms with Crippen molar-refractivity contribution >= 4 is 58.6 Å². The van der Waals surface area contributed by atoms with E-state index < -0.39 is 84.0 Å². The smallest absolute Gasteiger partial charge is 0.411 e. The Balaban J connectivity index is 1.30. The van der Waals surface area contributed by atoms with E-state index in [4.69, 9.17) is 14.2 Å². The predicted molar refractivity (Wildman–Crippen MR) is 296 cm³/mol. The van der Waals surface area contributed by atoms with Crippen LogP contribution in [0, 0.1) is 23.7 Å². The van der Waals surface area contributed by atoms with Crippen molar-refractivity contribution in [2.75, 3.05) is 73.4 Å². The molecule has 5 rings (SSSR count). The molecule has 1 aromatic heterocycles. The Morgan fingerprint density at radius 3 is 2.04 bits per heavy atom. The van der Waals surface area contributed by atoms with Crippen LogP contribution in [0.2, 0.25) is 0 Å². The van der Waals surface area contributed by atoms with Crippen molar-refractivity contribution in [3.63, 3.8) is 0 Å². The number of likely N-dealkylation sites (N-methyl/N-ethyl adjacent to an activating group) is 3. The van der Waals surface area contributed by atoms with Gasteiger partial charge in [-0.05, 0) is 61.8 Å². The number of thiazole rings is 1. The van der Waals surface area contributed by atoms with Gasteiger partial charge in [0.2, 0.25) is 35.6 Å². The van der Waals surface area contributed by atoms with Crippen LogP contribution < -0.4 is 16.0 Å². The van der Waals surface area contributed by atoms with E-state index in [9.17, 15) is 33.6 Å². The first kappa shape index (κ1) is 61.9. The largest absolute Gasteiger partial charge is 0.431 e. The van der Waals surface area contributed by atoms with E-state index in [1.807, 2.05) is 77.4 Å². The van der Waals surface area contributed by atoms with Gasteiger partial charge in [-0.25, -0.2) is 9.78 Å². The lowest BCUT2D eigenvalue weighted by Gasteiger charge is -2.41. The van der Waals surface area contributed by atoms with Crippen LogP contribution in [0.5, 0.6) is 0 Å². The molecule has 0 radical (unpaired) electrons. The minimum absolute atomic E-state index is 0.0569. The first-order valence-electron chi connectivity index (χ1n) is 27.1. The summed E-state index contributed by atoms with van der Waals surface area (Å²) in [6.07, 6.45) is 0.602. The quantitative estimate of drug-likeness (QED) is 0.0870. The Hall–Kier alpha value is -5.96. The van der Waals surface area contributed by atoms with Crippen LogP contribution in [0.4, 0.5) is 10.5 Å². The number of hydrogen-bond acceptors (Lipinski definition) is 13. The molecule has 3 heterocycles. The average molecular weight is 1090 g/mol. The van der Waals surface area contributed by atoms with Crippen LogP contribution in [0.25, 0.3) is 0 Å². The van der Waals surface area contributed by atoms with E-state index in [1.54, 1.807) is 73.2 Å². The highest BCUT2D eigenvalue weighted by molar-refractivity contribution is 7.09. The topological polar surface area (TPSA) is 212 Å². The molecular weight excluding hydrogens is 1000 g/mol. The lowest BCUT2D eigenvalue weighted by atomic mass is 9.89. The van der Waals surface area contributed by atoms with Crippen LogP contribution in [-0.4, -0.2) is 175 Å². The van der Waals surface area contributed by atoms with Crippen LogP contribution >= 0.6 is 11.3 Å². The first-order chi connectivity index (χ1) is 36.6. The van der Waals surface area contributed by atoms with Crippen LogP contribution in [0.1, 0.15) is 109 Å². The SMILES string of the molecule is CC[C@H](C)[C@@H]([C@@H](CC(=O)N1CCC[C@H]1[C@H](OC)[C@@H](C)C(=O)N[C@@H](Cc1ccccc1)c1nccs1)OC)N(C)C(=O)[C@@H](NC(=O)[C@H](C(C)C)N(C)C(=O)OC(C(=O)N1CCN(C)CC1)c1ccc(NC(C)=O)cc1)C(C)C. The number of anilines is 1.